The van der Waals surface area contributed by atoms with Gasteiger partial charge in [-0.3, -0.25) is 9.69 Å². The average Bonchev–Trinajstić information content (AvgIpc) is 3.54. The summed E-state index contributed by atoms with van der Waals surface area (Å²) in [6.07, 6.45) is -4.41. The smallest absolute Gasteiger partial charge is 0.416 e. The van der Waals surface area contributed by atoms with E-state index in [0.717, 1.165) is 11.6 Å². The Morgan fingerprint density at radius 3 is 2.49 bits per heavy atom. The van der Waals surface area contributed by atoms with Crippen LogP contribution < -0.4 is 9.47 Å². The largest absolute Gasteiger partial charge is 0.454 e. The standard InChI is InChI=1S/C31H33F3N2O3/c1-21(2)15-36(30(37)23-7-4-3-5-8-23)18-25-17-35(16-22-11-12-28-29(13-22)39-20-38-28)19-27(25)24-9-6-10-26(14-24)31(32,33)34/h3-14,21,25,27H,15-20H2,1-2H3/t25-,27+/m0/s1. The highest BCUT2D eigenvalue weighted by Gasteiger charge is 2.38. The second-order valence-electron chi connectivity index (χ2n) is 10.8. The highest BCUT2D eigenvalue weighted by molar-refractivity contribution is 5.94. The van der Waals surface area contributed by atoms with Crippen LogP contribution in [0.5, 0.6) is 11.5 Å². The van der Waals surface area contributed by atoms with Gasteiger partial charge in [-0.1, -0.05) is 56.3 Å². The first kappa shape index (κ1) is 27.1. The molecular formula is C31H33F3N2O3. The van der Waals surface area contributed by atoms with E-state index in [1.54, 1.807) is 18.2 Å². The van der Waals surface area contributed by atoms with Crippen LogP contribution in [0.15, 0.2) is 72.8 Å². The summed E-state index contributed by atoms with van der Waals surface area (Å²) in [7, 11) is 0. The average molecular weight is 539 g/mol. The van der Waals surface area contributed by atoms with Gasteiger partial charge in [0.05, 0.1) is 5.56 Å². The first-order valence-corrected chi connectivity index (χ1v) is 13.3. The molecule has 39 heavy (non-hydrogen) atoms. The Morgan fingerprint density at radius 2 is 1.74 bits per heavy atom. The summed E-state index contributed by atoms with van der Waals surface area (Å²) >= 11 is 0. The molecule has 3 aromatic carbocycles. The van der Waals surface area contributed by atoms with Crippen molar-refractivity contribution in [2.24, 2.45) is 11.8 Å². The molecule has 2 heterocycles. The van der Waals surface area contributed by atoms with E-state index in [9.17, 15) is 18.0 Å². The molecule has 2 atom stereocenters. The summed E-state index contributed by atoms with van der Waals surface area (Å²) in [6, 6.07) is 20.7. The third-order valence-corrected chi connectivity index (χ3v) is 7.35. The maximum absolute atomic E-state index is 13.6. The molecule has 1 saturated heterocycles. The Hall–Kier alpha value is -3.52. The minimum Gasteiger partial charge on any atom is -0.454 e. The van der Waals surface area contributed by atoms with E-state index < -0.39 is 11.7 Å². The molecule has 3 aromatic rings. The Morgan fingerprint density at radius 1 is 0.974 bits per heavy atom. The topological polar surface area (TPSA) is 42.0 Å². The number of amides is 1. The zero-order valence-electron chi connectivity index (χ0n) is 22.2. The van der Waals surface area contributed by atoms with Crippen LogP contribution in [0.1, 0.15) is 46.8 Å². The fraction of sp³-hybridized carbons (Fsp3) is 0.387. The van der Waals surface area contributed by atoms with Crippen LogP contribution in [0, 0.1) is 11.8 Å². The molecule has 1 fully saturated rings. The highest BCUT2D eigenvalue weighted by Crippen LogP contribution is 2.39. The van der Waals surface area contributed by atoms with E-state index in [1.807, 2.05) is 41.3 Å². The van der Waals surface area contributed by atoms with Gasteiger partial charge >= 0.3 is 6.18 Å². The van der Waals surface area contributed by atoms with Gasteiger partial charge in [0.1, 0.15) is 0 Å². The number of ether oxygens (including phenoxy) is 2. The van der Waals surface area contributed by atoms with Gasteiger partial charge in [0.15, 0.2) is 11.5 Å². The monoisotopic (exact) mass is 538 g/mol. The maximum atomic E-state index is 13.6. The Bertz CT molecular complexity index is 1300. The van der Waals surface area contributed by atoms with Gasteiger partial charge in [-0.05, 0) is 53.3 Å². The van der Waals surface area contributed by atoms with Crippen LogP contribution in [0.2, 0.25) is 0 Å². The molecule has 5 rings (SSSR count). The molecule has 2 aliphatic rings. The van der Waals surface area contributed by atoms with E-state index in [1.165, 1.54) is 12.1 Å². The molecular weight excluding hydrogens is 505 g/mol. The van der Waals surface area contributed by atoms with Crippen LogP contribution in [-0.2, 0) is 12.7 Å². The predicted molar refractivity (Wildman–Crippen MR) is 143 cm³/mol. The van der Waals surface area contributed by atoms with Gasteiger partial charge < -0.3 is 14.4 Å². The zero-order valence-corrected chi connectivity index (χ0v) is 22.2. The summed E-state index contributed by atoms with van der Waals surface area (Å²) in [5.74, 6) is 1.42. The van der Waals surface area contributed by atoms with Crippen LogP contribution in [0.4, 0.5) is 13.2 Å². The molecule has 1 amide bonds. The van der Waals surface area contributed by atoms with Crippen LogP contribution >= 0.6 is 0 Å². The van der Waals surface area contributed by atoms with Crippen molar-refractivity contribution in [3.8, 4) is 11.5 Å². The second-order valence-corrected chi connectivity index (χ2v) is 10.8. The SMILES string of the molecule is CC(C)CN(C[C@@H]1CN(Cc2ccc3c(c2)OCO3)C[C@@H]1c1cccc(C(F)(F)F)c1)C(=O)c1ccccc1. The van der Waals surface area contributed by atoms with Crippen molar-refractivity contribution in [1.29, 1.82) is 0 Å². The summed E-state index contributed by atoms with van der Waals surface area (Å²) in [5, 5.41) is 0. The quantitative estimate of drug-likeness (QED) is 0.331. The van der Waals surface area contributed by atoms with E-state index in [0.29, 0.717) is 55.3 Å². The summed E-state index contributed by atoms with van der Waals surface area (Å²) < 4.78 is 51.7. The molecule has 0 unspecified atom stereocenters. The molecule has 8 heteroatoms. The lowest BCUT2D eigenvalue weighted by Crippen LogP contribution is -2.39. The number of rotatable bonds is 8. The van der Waals surface area contributed by atoms with Gasteiger partial charge in [0.25, 0.3) is 5.91 Å². The maximum Gasteiger partial charge on any atom is 0.416 e. The molecule has 0 saturated carbocycles. The molecule has 0 bridgehead atoms. The van der Waals surface area contributed by atoms with Gasteiger partial charge in [0, 0.05) is 44.2 Å². The molecule has 0 aliphatic carbocycles. The van der Waals surface area contributed by atoms with Crippen molar-refractivity contribution in [3.63, 3.8) is 0 Å². The Balaban J connectivity index is 1.42. The van der Waals surface area contributed by atoms with Crippen molar-refractivity contribution in [2.45, 2.75) is 32.5 Å². The molecule has 5 nitrogen and oxygen atoms in total. The number of hydrogen-bond donors (Lipinski definition) is 0. The lowest BCUT2D eigenvalue weighted by atomic mass is 9.87. The molecule has 2 aliphatic heterocycles. The number of carbonyl (C=O) groups is 1. The minimum atomic E-state index is -4.41. The fourth-order valence-electron chi connectivity index (χ4n) is 5.62. The van der Waals surface area contributed by atoms with E-state index >= 15 is 0 Å². The third-order valence-electron chi connectivity index (χ3n) is 7.35. The zero-order chi connectivity index (χ0) is 27.6. The fourth-order valence-corrected chi connectivity index (χ4v) is 5.62. The number of nitrogens with zero attached hydrogens (tertiary/aromatic N) is 2. The molecule has 0 radical (unpaired) electrons. The van der Waals surface area contributed by atoms with E-state index in [-0.39, 0.29) is 30.5 Å². The van der Waals surface area contributed by atoms with Crippen molar-refractivity contribution < 1.29 is 27.4 Å². The number of fused-ring (bicyclic) bond motifs is 1. The Labute approximate surface area is 227 Å². The van der Waals surface area contributed by atoms with Crippen LogP contribution in [-0.4, -0.2) is 48.7 Å². The minimum absolute atomic E-state index is 0.0334. The summed E-state index contributed by atoms with van der Waals surface area (Å²) in [6.45, 7) is 7.24. The molecule has 0 aromatic heterocycles. The number of carbonyl (C=O) groups excluding carboxylic acids is 1. The molecule has 206 valence electrons. The molecule has 0 N–H and O–H groups in total. The van der Waals surface area contributed by atoms with E-state index in [2.05, 4.69) is 18.7 Å². The lowest BCUT2D eigenvalue weighted by Gasteiger charge is -2.30. The van der Waals surface area contributed by atoms with Gasteiger partial charge in [-0.25, -0.2) is 0 Å². The number of alkyl halides is 3. The number of benzene rings is 3. The number of likely N-dealkylation sites (tertiary alicyclic amines) is 1. The Kier molecular flexibility index (Phi) is 7.84. The van der Waals surface area contributed by atoms with Gasteiger partial charge in [0.2, 0.25) is 6.79 Å². The molecule has 0 spiro atoms. The number of halogens is 3. The van der Waals surface area contributed by atoms with Crippen molar-refractivity contribution in [3.05, 3.63) is 95.1 Å². The highest BCUT2D eigenvalue weighted by atomic mass is 19.4. The third kappa shape index (κ3) is 6.38. The summed E-state index contributed by atoms with van der Waals surface area (Å²) in [5.41, 5.74) is 1.66. The van der Waals surface area contributed by atoms with Gasteiger partial charge in [-0.15, -0.1) is 0 Å². The first-order chi connectivity index (χ1) is 18.7. The van der Waals surface area contributed by atoms with E-state index in [4.69, 9.17) is 9.47 Å². The van der Waals surface area contributed by atoms with Gasteiger partial charge in [-0.2, -0.15) is 13.2 Å². The predicted octanol–water partition coefficient (Wildman–Crippen LogP) is 6.45. The van der Waals surface area contributed by atoms with Crippen LogP contribution in [0.25, 0.3) is 0 Å². The lowest BCUT2D eigenvalue weighted by molar-refractivity contribution is -0.137. The first-order valence-electron chi connectivity index (χ1n) is 13.3. The van der Waals surface area contributed by atoms with Crippen LogP contribution in [0.3, 0.4) is 0 Å². The number of hydrogen-bond acceptors (Lipinski definition) is 4. The summed E-state index contributed by atoms with van der Waals surface area (Å²) in [4.78, 5) is 17.6. The normalized spacial score (nSPS) is 19.0. The van der Waals surface area contributed by atoms with Crippen molar-refractivity contribution in [1.82, 2.24) is 9.80 Å². The second kappa shape index (κ2) is 11.3. The van der Waals surface area contributed by atoms with Crippen molar-refractivity contribution >= 4 is 5.91 Å². The van der Waals surface area contributed by atoms with Crippen molar-refractivity contribution in [2.75, 3.05) is 33.0 Å².